The second-order valence-corrected chi connectivity index (χ2v) is 15.4. The van der Waals surface area contributed by atoms with Crippen LogP contribution in [0, 0.1) is 11.8 Å². The molecule has 9 rings (SSSR count). The summed E-state index contributed by atoms with van der Waals surface area (Å²) in [6.45, 7) is -0.441. The van der Waals surface area contributed by atoms with E-state index >= 15 is 0 Å². The standard InChI is InChI=1S/C42H29BrCl2N2O6/c43-27-18-14-25(15-19-27)34(48)23-53-40(52)26-16-20-28(21-17-26)46-37(49)33(22-24-8-2-1-3-9-24)47-38(50)35-36(39(47)51)42(45)30-11-5-4-10-29(30)41(35,44)31-12-6-7-13-32(31)42/h1-21,33,35-36H,22-23H2,(H,46,49)/t33-,35-,36+,41?,42?/m1/s1. The van der Waals surface area contributed by atoms with E-state index in [4.69, 9.17) is 27.9 Å². The Kier molecular flexibility index (Phi) is 8.84. The number of ether oxygens (including phenoxy) is 1. The predicted molar refractivity (Wildman–Crippen MR) is 203 cm³/mol. The second-order valence-electron chi connectivity index (χ2n) is 13.3. The minimum atomic E-state index is -1.39. The van der Waals surface area contributed by atoms with E-state index in [1.54, 1.807) is 24.3 Å². The van der Waals surface area contributed by atoms with Gasteiger partial charge in [-0.3, -0.25) is 24.1 Å². The molecule has 264 valence electrons. The summed E-state index contributed by atoms with van der Waals surface area (Å²) in [4.78, 5) is 67.2. The van der Waals surface area contributed by atoms with Crippen molar-refractivity contribution >= 4 is 74.3 Å². The average molecular weight is 809 g/mol. The first-order chi connectivity index (χ1) is 25.5. The van der Waals surface area contributed by atoms with Gasteiger partial charge in [-0.2, -0.15) is 0 Å². The van der Waals surface area contributed by atoms with Crippen LogP contribution in [0.15, 0.2) is 132 Å². The van der Waals surface area contributed by atoms with Crippen LogP contribution in [-0.2, 0) is 35.3 Å². The van der Waals surface area contributed by atoms with Crippen LogP contribution >= 0.6 is 39.1 Å². The van der Waals surface area contributed by atoms with E-state index in [9.17, 15) is 24.0 Å². The fraction of sp³-hybridized carbons (Fsp3) is 0.167. The summed E-state index contributed by atoms with van der Waals surface area (Å²) >= 11 is 18.6. The van der Waals surface area contributed by atoms with E-state index in [2.05, 4.69) is 21.2 Å². The number of carbonyl (C=O) groups is 5. The summed E-state index contributed by atoms with van der Waals surface area (Å²) in [5, 5.41) is 2.83. The Balaban J connectivity index is 1.07. The molecule has 3 aliphatic carbocycles. The molecule has 53 heavy (non-hydrogen) atoms. The number of ketones is 1. The van der Waals surface area contributed by atoms with Gasteiger partial charge in [-0.15, -0.1) is 23.2 Å². The van der Waals surface area contributed by atoms with Gasteiger partial charge in [-0.25, -0.2) is 4.79 Å². The summed E-state index contributed by atoms with van der Waals surface area (Å²) in [5.41, 5.74) is 4.28. The number of imide groups is 1. The molecule has 1 heterocycles. The number of esters is 1. The molecule has 11 heteroatoms. The molecule has 1 aliphatic heterocycles. The molecular formula is C42H29BrCl2N2O6. The molecular weight excluding hydrogens is 779 g/mol. The van der Waals surface area contributed by atoms with Gasteiger partial charge in [0.25, 0.3) is 0 Å². The SMILES string of the molecule is O=C(COC(=O)c1ccc(NC(=O)[C@@H](Cc2ccccc2)N2C(=O)[C@@H]3[C@H](C2=O)C2(Cl)c4ccccc4C3(Cl)c3ccccc32)cc1)c1ccc(Br)cc1. The summed E-state index contributed by atoms with van der Waals surface area (Å²) in [7, 11) is 0. The normalized spacial score (nSPS) is 22.7. The highest BCUT2D eigenvalue weighted by Gasteiger charge is 2.73. The zero-order valence-electron chi connectivity index (χ0n) is 27.8. The molecule has 1 N–H and O–H groups in total. The number of rotatable bonds is 9. The number of hydrogen-bond acceptors (Lipinski definition) is 6. The maximum Gasteiger partial charge on any atom is 0.338 e. The largest absolute Gasteiger partial charge is 0.454 e. The van der Waals surface area contributed by atoms with Crippen LogP contribution in [0.25, 0.3) is 0 Å². The van der Waals surface area contributed by atoms with Gasteiger partial charge in [-0.05, 0) is 64.2 Å². The Morgan fingerprint density at radius 1 is 0.679 bits per heavy atom. The molecule has 4 aliphatic rings. The second kappa shape index (κ2) is 13.4. The lowest BCUT2D eigenvalue weighted by Gasteiger charge is -2.54. The van der Waals surface area contributed by atoms with Crippen molar-refractivity contribution in [1.29, 1.82) is 0 Å². The lowest BCUT2D eigenvalue weighted by atomic mass is 9.54. The van der Waals surface area contributed by atoms with Crippen LogP contribution in [0.5, 0.6) is 0 Å². The van der Waals surface area contributed by atoms with Gasteiger partial charge in [0.05, 0.1) is 17.4 Å². The van der Waals surface area contributed by atoms with E-state index in [1.165, 1.54) is 24.3 Å². The third kappa shape index (κ3) is 5.61. The van der Waals surface area contributed by atoms with Gasteiger partial charge >= 0.3 is 5.97 Å². The number of anilines is 1. The molecule has 2 bridgehead atoms. The summed E-state index contributed by atoms with van der Waals surface area (Å²) in [5.74, 6) is -4.96. The van der Waals surface area contributed by atoms with E-state index in [1.807, 2.05) is 78.9 Å². The first-order valence-corrected chi connectivity index (χ1v) is 18.4. The molecule has 5 aromatic rings. The van der Waals surface area contributed by atoms with Crippen LogP contribution in [0.4, 0.5) is 5.69 Å². The van der Waals surface area contributed by atoms with Gasteiger partial charge in [0.15, 0.2) is 12.4 Å². The minimum absolute atomic E-state index is 0.0326. The molecule has 1 saturated heterocycles. The number of hydrogen-bond donors (Lipinski definition) is 1. The molecule has 5 aromatic carbocycles. The Labute approximate surface area is 323 Å². The van der Waals surface area contributed by atoms with Crippen LogP contribution in [0.1, 0.15) is 48.5 Å². The number of nitrogens with one attached hydrogen (secondary N) is 1. The van der Waals surface area contributed by atoms with Crippen molar-refractivity contribution in [2.75, 3.05) is 11.9 Å². The Morgan fingerprint density at radius 3 is 1.66 bits per heavy atom. The molecule has 0 radical (unpaired) electrons. The third-order valence-electron chi connectivity index (χ3n) is 10.4. The van der Waals surface area contributed by atoms with Crippen molar-refractivity contribution in [3.63, 3.8) is 0 Å². The average Bonchev–Trinajstić information content (AvgIpc) is 3.46. The predicted octanol–water partition coefficient (Wildman–Crippen LogP) is 7.63. The summed E-state index contributed by atoms with van der Waals surface area (Å²) in [6.07, 6.45) is 0.0326. The van der Waals surface area contributed by atoms with Crippen LogP contribution in [0.2, 0.25) is 0 Å². The van der Waals surface area contributed by atoms with Crippen LogP contribution < -0.4 is 5.32 Å². The van der Waals surface area contributed by atoms with Crippen molar-refractivity contribution in [1.82, 2.24) is 4.90 Å². The maximum atomic E-state index is 14.7. The monoisotopic (exact) mass is 806 g/mol. The fourth-order valence-electron chi connectivity index (χ4n) is 7.98. The number of likely N-dealkylation sites (tertiary alicyclic amines) is 1. The molecule has 0 aromatic heterocycles. The van der Waals surface area contributed by atoms with Gasteiger partial charge in [0.2, 0.25) is 17.7 Å². The number of halogens is 3. The van der Waals surface area contributed by atoms with Crippen molar-refractivity contribution < 1.29 is 28.7 Å². The quantitative estimate of drug-likeness (QED) is 0.0711. The van der Waals surface area contributed by atoms with E-state index in [-0.39, 0.29) is 17.8 Å². The zero-order valence-corrected chi connectivity index (χ0v) is 30.9. The first kappa shape index (κ1) is 35.0. The van der Waals surface area contributed by atoms with Gasteiger partial charge in [0, 0.05) is 22.1 Å². The van der Waals surface area contributed by atoms with E-state index in [0.717, 1.165) is 14.9 Å². The summed E-state index contributed by atoms with van der Waals surface area (Å²) < 4.78 is 6.05. The maximum absolute atomic E-state index is 14.7. The highest BCUT2D eigenvalue weighted by molar-refractivity contribution is 9.10. The number of nitrogens with zero attached hydrogens (tertiary/aromatic N) is 1. The molecule has 0 unspecified atom stereocenters. The van der Waals surface area contributed by atoms with Crippen LogP contribution in [0.3, 0.4) is 0 Å². The van der Waals surface area contributed by atoms with Crippen molar-refractivity contribution in [2.45, 2.75) is 22.2 Å². The highest BCUT2D eigenvalue weighted by atomic mass is 79.9. The first-order valence-electron chi connectivity index (χ1n) is 16.9. The Morgan fingerprint density at radius 2 is 1.15 bits per heavy atom. The van der Waals surface area contributed by atoms with Crippen molar-refractivity contribution in [2.24, 2.45) is 11.8 Å². The molecule has 0 spiro atoms. The van der Waals surface area contributed by atoms with Gasteiger partial charge in [-0.1, -0.05) is 107 Å². The molecule has 0 saturated carbocycles. The number of carbonyl (C=O) groups excluding carboxylic acids is 5. The van der Waals surface area contributed by atoms with Gasteiger partial charge in [0.1, 0.15) is 15.8 Å². The molecule has 8 nitrogen and oxygen atoms in total. The zero-order chi connectivity index (χ0) is 37.1. The third-order valence-corrected chi connectivity index (χ3v) is 12.2. The highest BCUT2D eigenvalue weighted by Crippen LogP contribution is 2.69. The smallest absolute Gasteiger partial charge is 0.338 e. The summed E-state index contributed by atoms with van der Waals surface area (Å²) in [6, 6.07) is 35.2. The molecule has 3 amide bonds. The number of amides is 3. The number of Topliss-reactive ketones (excluding diaryl/α,β-unsaturated/α-hetero) is 1. The Hall–Kier alpha value is -5.09. The van der Waals surface area contributed by atoms with E-state index < -0.39 is 57.9 Å². The number of benzene rings is 5. The van der Waals surface area contributed by atoms with E-state index in [0.29, 0.717) is 33.5 Å². The van der Waals surface area contributed by atoms with Crippen LogP contribution in [-0.4, -0.2) is 47.0 Å². The van der Waals surface area contributed by atoms with Gasteiger partial charge < -0.3 is 10.1 Å². The van der Waals surface area contributed by atoms with Crippen molar-refractivity contribution in [3.05, 3.63) is 171 Å². The molecule has 3 atom stereocenters. The minimum Gasteiger partial charge on any atom is -0.454 e. The Bertz CT molecular complexity index is 2190. The lowest BCUT2D eigenvalue weighted by molar-refractivity contribution is -0.146. The number of alkyl halides is 2. The lowest BCUT2D eigenvalue weighted by Crippen LogP contribution is -2.57. The van der Waals surface area contributed by atoms with Crippen molar-refractivity contribution in [3.8, 4) is 0 Å². The fourth-order valence-corrected chi connectivity index (χ4v) is 9.35. The topological polar surface area (TPSA) is 110 Å². The molecule has 1 fully saturated rings.